The van der Waals surface area contributed by atoms with Crippen LogP contribution in [0.4, 0.5) is 0 Å². The van der Waals surface area contributed by atoms with Crippen molar-refractivity contribution in [3.05, 3.63) is 0 Å². The van der Waals surface area contributed by atoms with Crippen LogP contribution in [-0.4, -0.2) is 46.7 Å². The second kappa shape index (κ2) is 8.28. The molecule has 0 saturated carbocycles. The van der Waals surface area contributed by atoms with Crippen molar-refractivity contribution in [1.29, 1.82) is 0 Å². The van der Waals surface area contributed by atoms with Crippen LogP contribution in [0, 0.1) is 0 Å². The lowest BCUT2D eigenvalue weighted by Crippen LogP contribution is -2.49. The molecule has 1 rings (SSSR count). The van der Waals surface area contributed by atoms with Crippen molar-refractivity contribution in [3.8, 4) is 0 Å². The molecule has 1 heterocycles. The molecule has 3 unspecified atom stereocenters. The molecular weight excluding hydrogens is 237 g/mol. The van der Waals surface area contributed by atoms with Crippen molar-refractivity contribution in [3.63, 3.8) is 0 Å². The van der Waals surface area contributed by atoms with Crippen LogP contribution in [0.5, 0.6) is 0 Å². The van der Waals surface area contributed by atoms with E-state index < -0.39 is 0 Å². The molecule has 0 radical (unpaired) electrons. The maximum absolute atomic E-state index is 9.94. The summed E-state index contributed by atoms with van der Waals surface area (Å²) in [5.41, 5.74) is 0.186. The fraction of sp³-hybridized carbons (Fsp3) is 1.00. The van der Waals surface area contributed by atoms with Crippen LogP contribution < -0.4 is 0 Å². The van der Waals surface area contributed by atoms with Crippen molar-refractivity contribution in [2.24, 2.45) is 0 Å². The molecule has 1 saturated heterocycles. The van der Waals surface area contributed by atoms with Crippen molar-refractivity contribution in [1.82, 2.24) is 4.90 Å². The molecule has 1 fully saturated rings. The van der Waals surface area contributed by atoms with Crippen LogP contribution in [0.1, 0.15) is 65.7 Å². The van der Waals surface area contributed by atoms with Crippen LogP contribution in [0.25, 0.3) is 0 Å². The molecule has 1 aliphatic heterocycles. The molecule has 0 bridgehead atoms. The van der Waals surface area contributed by atoms with E-state index in [1.165, 1.54) is 32.1 Å². The summed E-state index contributed by atoms with van der Waals surface area (Å²) in [6.45, 7) is 7.61. The highest BCUT2D eigenvalue weighted by atomic mass is 16.3. The summed E-state index contributed by atoms with van der Waals surface area (Å²) >= 11 is 0. The maximum Gasteiger partial charge on any atom is 0.272 e. The number of β-amino-alcohol motifs (C(OH)–C–C–N with tert-alkyl or cyclic N) is 1. The SMILES string of the molecule is CCCCCCC(C)(CC)N1CC(O)CC1CBO. The predicted molar refractivity (Wildman–Crippen MR) is 82.7 cm³/mol. The summed E-state index contributed by atoms with van der Waals surface area (Å²) in [5, 5.41) is 19.1. The van der Waals surface area contributed by atoms with Gasteiger partial charge in [0.05, 0.1) is 6.10 Å². The normalized spacial score (nSPS) is 27.4. The number of unbranched alkanes of at least 4 members (excludes halogenated alkanes) is 3. The largest absolute Gasteiger partial charge is 0.454 e. The number of aliphatic hydroxyl groups excluding tert-OH is 1. The number of rotatable bonds is 9. The van der Waals surface area contributed by atoms with Gasteiger partial charge in [0.2, 0.25) is 0 Å². The van der Waals surface area contributed by atoms with E-state index in [1.54, 1.807) is 0 Å². The number of aliphatic hydroxyl groups is 1. The Balaban J connectivity index is 2.59. The Morgan fingerprint density at radius 3 is 2.58 bits per heavy atom. The predicted octanol–water partition coefficient (Wildman–Crippen LogP) is 2.32. The van der Waals surface area contributed by atoms with Crippen LogP contribution in [0.15, 0.2) is 0 Å². The van der Waals surface area contributed by atoms with Crippen LogP contribution in [-0.2, 0) is 0 Å². The molecular formula is C15H32BNO2. The third-order valence-corrected chi connectivity index (χ3v) is 4.88. The fourth-order valence-electron chi connectivity index (χ4n) is 3.43. The first-order valence-electron chi connectivity index (χ1n) is 8.13. The van der Waals surface area contributed by atoms with E-state index in [4.69, 9.17) is 0 Å². The van der Waals surface area contributed by atoms with Gasteiger partial charge >= 0.3 is 0 Å². The lowest BCUT2D eigenvalue weighted by molar-refractivity contribution is 0.0681. The average Bonchev–Trinajstić information content (AvgIpc) is 2.76. The molecule has 4 heteroatoms. The highest BCUT2D eigenvalue weighted by molar-refractivity contribution is 6.25. The van der Waals surface area contributed by atoms with Gasteiger partial charge in [-0.1, -0.05) is 39.5 Å². The van der Waals surface area contributed by atoms with Crippen molar-refractivity contribution in [2.45, 2.75) is 89.7 Å². The van der Waals surface area contributed by atoms with E-state index in [9.17, 15) is 10.1 Å². The molecule has 0 aromatic rings. The number of likely N-dealkylation sites (tertiary alicyclic amines) is 1. The van der Waals surface area contributed by atoms with Gasteiger partial charge < -0.3 is 10.1 Å². The smallest absolute Gasteiger partial charge is 0.272 e. The Morgan fingerprint density at radius 2 is 2.00 bits per heavy atom. The Kier molecular flexibility index (Phi) is 7.41. The first-order valence-corrected chi connectivity index (χ1v) is 8.13. The number of nitrogens with zero attached hydrogens (tertiary/aromatic N) is 1. The fourth-order valence-corrected chi connectivity index (χ4v) is 3.43. The average molecular weight is 269 g/mol. The second-order valence-corrected chi connectivity index (χ2v) is 6.37. The summed E-state index contributed by atoms with van der Waals surface area (Å²) in [4.78, 5) is 2.47. The zero-order valence-electron chi connectivity index (χ0n) is 13.1. The Labute approximate surface area is 119 Å². The lowest BCUT2D eigenvalue weighted by Gasteiger charge is -2.42. The molecule has 0 aromatic heterocycles. The third-order valence-electron chi connectivity index (χ3n) is 4.88. The Morgan fingerprint density at radius 1 is 1.26 bits per heavy atom. The molecule has 0 amide bonds. The standard InChI is InChI=1S/C15H32BNO2/c1-4-6-7-8-9-15(3,5-2)17-12-14(18)10-13(17)11-16-19/h13-14,16,18-19H,4-12H2,1-3H3. The molecule has 3 nitrogen and oxygen atoms in total. The highest BCUT2D eigenvalue weighted by Crippen LogP contribution is 2.34. The molecule has 19 heavy (non-hydrogen) atoms. The van der Waals surface area contributed by atoms with Crippen LogP contribution in [0.3, 0.4) is 0 Å². The monoisotopic (exact) mass is 269 g/mol. The lowest BCUT2D eigenvalue weighted by atomic mass is 9.84. The Hall–Kier alpha value is -0.0551. The van der Waals surface area contributed by atoms with Gasteiger partial charge in [-0.3, -0.25) is 4.90 Å². The number of hydrogen-bond acceptors (Lipinski definition) is 3. The quantitative estimate of drug-likeness (QED) is 0.498. The zero-order chi connectivity index (χ0) is 14.3. The minimum absolute atomic E-state index is 0.186. The topological polar surface area (TPSA) is 43.7 Å². The van der Waals surface area contributed by atoms with E-state index in [-0.39, 0.29) is 19.1 Å². The molecule has 112 valence electrons. The van der Waals surface area contributed by atoms with Crippen molar-refractivity contribution >= 4 is 7.48 Å². The van der Waals surface area contributed by atoms with E-state index in [1.807, 2.05) is 0 Å². The van der Waals surface area contributed by atoms with Gasteiger partial charge in [0.15, 0.2) is 0 Å². The van der Waals surface area contributed by atoms with E-state index in [0.717, 1.165) is 25.7 Å². The summed E-state index contributed by atoms with van der Waals surface area (Å²) in [5.74, 6) is 0. The molecule has 2 N–H and O–H groups in total. The zero-order valence-corrected chi connectivity index (χ0v) is 13.1. The molecule has 0 aliphatic carbocycles. The maximum atomic E-state index is 9.94. The van der Waals surface area contributed by atoms with Gasteiger partial charge in [0.25, 0.3) is 7.48 Å². The molecule has 3 atom stereocenters. The summed E-state index contributed by atoms with van der Waals surface area (Å²) in [6, 6.07) is 0.358. The first-order chi connectivity index (χ1) is 9.07. The van der Waals surface area contributed by atoms with Gasteiger partial charge in [-0.25, -0.2) is 0 Å². The summed E-state index contributed by atoms with van der Waals surface area (Å²) in [7, 11) is 0.226. The minimum Gasteiger partial charge on any atom is -0.454 e. The summed E-state index contributed by atoms with van der Waals surface area (Å²) in [6.07, 6.45) is 8.92. The van der Waals surface area contributed by atoms with Crippen molar-refractivity contribution in [2.75, 3.05) is 6.54 Å². The molecule has 0 spiro atoms. The van der Waals surface area contributed by atoms with Crippen LogP contribution >= 0.6 is 0 Å². The third kappa shape index (κ3) is 4.76. The van der Waals surface area contributed by atoms with Gasteiger partial charge in [-0.15, -0.1) is 0 Å². The van der Waals surface area contributed by atoms with Gasteiger partial charge in [0.1, 0.15) is 0 Å². The highest BCUT2D eigenvalue weighted by Gasteiger charge is 2.40. The van der Waals surface area contributed by atoms with Gasteiger partial charge in [-0.2, -0.15) is 0 Å². The van der Waals surface area contributed by atoms with E-state index in [2.05, 4.69) is 25.7 Å². The number of hydrogen-bond donors (Lipinski definition) is 2. The second-order valence-electron chi connectivity index (χ2n) is 6.37. The Bertz CT molecular complexity index is 252. The van der Waals surface area contributed by atoms with Crippen LogP contribution in [0.2, 0.25) is 6.32 Å². The minimum atomic E-state index is -0.210. The first kappa shape index (κ1) is 17.0. The van der Waals surface area contributed by atoms with Gasteiger partial charge in [0, 0.05) is 18.1 Å². The summed E-state index contributed by atoms with van der Waals surface area (Å²) < 4.78 is 0. The molecule has 0 aromatic carbocycles. The van der Waals surface area contributed by atoms with E-state index in [0.29, 0.717) is 6.04 Å². The molecule has 1 aliphatic rings. The van der Waals surface area contributed by atoms with Gasteiger partial charge in [-0.05, 0) is 32.5 Å². The van der Waals surface area contributed by atoms with E-state index >= 15 is 0 Å². The van der Waals surface area contributed by atoms with Crippen molar-refractivity contribution < 1.29 is 10.1 Å².